The van der Waals surface area contributed by atoms with Crippen LogP contribution in [0.4, 0.5) is 4.79 Å². The van der Waals surface area contributed by atoms with Crippen LogP contribution < -0.4 is 10.1 Å². The van der Waals surface area contributed by atoms with Crippen LogP contribution in [0.2, 0.25) is 0 Å². The molecule has 0 fully saturated rings. The number of hydrogen-bond donors (Lipinski definition) is 1. The molecular weight excluding hydrogens is 418 g/mol. The number of carbonyl (C=O) groups excluding carboxylic acids is 1. The van der Waals surface area contributed by atoms with Gasteiger partial charge in [0.1, 0.15) is 5.75 Å². The van der Waals surface area contributed by atoms with Crippen LogP contribution in [0.25, 0.3) is 16.8 Å². The summed E-state index contributed by atoms with van der Waals surface area (Å²) in [5, 5.41) is 14.9. The second kappa shape index (κ2) is 9.56. The molecule has 0 saturated carbocycles. The molecule has 2 aromatic heterocycles. The summed E-state index contributed by atoms with van der Waals surface area (Å²) < 4.78 is 7.31. The van der Waals surface area contributed by atoms with Gasteiger partial charge in [-0.25, -0.2) is 4.79 Å². The van der Waals surface area contributed by atoms with Crippen LogP contribution >= 0.6 is 0 Å². The quantitative estimate of drug-likeness (QED) is 0.470. The average Bonchev–Trinajstić information content (AvgIpc) is 3.30. The number of rotatable bonds is 6. The van der Waals surface area contributed by atoms with Gasteiger partial charge in [0.15, 0.2) is 5.82 Å². The van der Waals surface area contributed by atoms with Crippen molar-refractivity contribution < 1.29 is 9.53 Å². The van der Waals surface area contributed by atoms with Crippen LogP contribution in [0.1, 0.15) is 49.8 Å². The van der Waals surface area contributed by atoms with E-state index in [1.165, 1.54) is 0 Å². The van der Waals surface area contributed by atoms with Gasteiger partial charge in [-0.15, -0.1) is 5.10 Å². The summed E-state index contributed by atoms with van der Waals surface area (Å²) in [6.07, 6.45) is 4.17. The summed E-state index contributed by atoms with van der Waals surface area (Å²) in [6, 6.07) is 13.3. The molecule has 0 aliphatic rings. The van der Waals surface area contributed by atoms with E-state index in [0.29, 0.717) is 23.0 Å². The van der Waals surface area contributed by atoms with Gasteiger partial charge in [0.25, 0.3) is 0 Å². The molecule has 1 amide bonds. The molecule has 0 unspecified atom stereocenters. The van der Waals surface area contributed by atoms with Crippen molar-refractivity contribution in [3.63, 3.8) is 0 Å². The zero-order valence-corrected chi connectivity index (χ0v) is 18.9. The third-order valence-corrected chi connectivity index (χ3v) is 5.10. The van der Waals surface area contributed by atoms with Crippen molar-refractivity contribution in [1.29, 1.82) is 0 Å². The number of aromatic nitrogens is 6. The predicted octanol–water partition coefficient (Wildman–Crippen LogP) is 4.40. The topological polar surface area (TPSA) is 108 Å². The van der Waals surface area contributed by atoms with Crippen LogP contribution in [0, 0.1) is 6.92 Å². The van der Waals surface area contributed by atoms with Gasteiger partial charge in [-0.2, -0.15) is 4.68 Å². The molecule has 0 spiro atoms. The van der Waals surface area contributed by atoms with Gasteiger partial charge >= 0.3 is 6.09 Å². The number of ether oxygens (including phenoxy) is 1. The number of nitrogens with zero attached hydrogens (tertiary/aromatic N) is 6. The Kier molecular flexibility index (Phi) is 6.39. The van der Waals surface area contributed by atoms with Crippen molar-refractivity contribution in [2.45, 2.75) is 39.7 Å². The minimum absolute atomic E-state index is 0.114. The molecule has 1 N–H and O–H groups in total. The van der Waals surface area contributed by atoms with Crippen molar-refractivity contribution in [2.75, 3.05) is 0 Å². The fraction of sp³-hybridized carbons (Fsp3) is 0.250. The van der Waals surface area contributed by atoms with Crippen LogP contribution in [0.3, 0.4) is 0 Å². The van der Waals surface area contributed by atoms with Gasteiger partial charge in [-0.05, 0) is 47.5 Å². The standard InChI is InChI=1S/C24H25N7O2/c1-15(2)23-28-29-30-31(23)20-11-19(18-7-5-16(3)6-8-18)12-21(13-20)33-24(32)27-17(4)22-14-25-9-10-26-22/h5-15,17H,1-4H3,(H,27,32)/t17-/m0/s1. The first-order valence-electron chi connectivity index (χ1n) is 10.7. The first-order valence-corrected chi connectivity index (χ1v) is 10.7. The Morgan fingerprint density at radius 3 is 2.52 bits per heavy atom. The van der Waals surface area contributed by atoms with Gasteiger partial charge < -0.3 is 10.1 Å². The average molecular weight is 444 g/mol. The van der Waals surface area contributed by atoms with E-state index >= 15 is 0 Å². The van der Waals surface area contributed by atoms with Crippen molar-refractivity contribution in [3.8, 4) is 22.6 Å². The normalized spacial score (nSPS) is 11.9. The molecule has 0 aliphatic carbocycles. The Bertz CT molecular complexity index is 1240. The third kappa shape index (κ3) is 5.20. The zero-order chi connectivity index (χ0) is 23.4. The smallest absolute Gasteiger partial charge is 0.410 e. The summed E-state index contributed by atoms with van der Waals surface area (Å²) in [6.45, 7) is 7.89. The zero-order valence-electron chi connectivity index (χ0n) is 18.9. The maximum atomic E-state index is 12.6. The van der Waals surface area contributed by atoms with Gasteiger partial charge in [0.05, 0.1) is 23.6 Å². The van der Waals surface area contributed by atoms with E-state index in [-0.39, 0.29) is 12.0 Å². The minimum Gasteiger partial charge on any atom is -0.410 e. The number of tetrazole rings is 1. The number of aryl methyl sites for hydroxylation is 1. The fourth-order valence-corrected chi connectivity index (χ4v) is 3.34. The lowest BCUT2D eigenvalue weighted by atomic mass is 10.0. The van der Waals surface area contributed by atoms with Crippen molar-refractivity contribution in [2.24, 2.45) is 0 Å². The second-order valence-electron chi connectivity index (χ2n) is 8.07. The molecule has 0 saturated heterocycles. The van der Waals surface area contributed by atoms with Crippen molar-refractivity contribution in [3.05, 3.63) is 78.1 Å². The van der Waals surface area contributed by atoms with Crippen LogP contribution in [-0.2, 0) is 0 Å². The predicted molar refractivity (Wildman–Crippen MR) is 123 cm³/mol. The Morgan fingerprint density at radius 1 is 1.03 bits per heavy atom. The van der Waals surface area contributed by atoms with Crippen LogP contribution in [-0.4, -0.2) is 36.3 Å². The highest BCUT2D eigenvalue weighted by molar-refractivity contribution is 5.74. The molecule has 2 heterocycles. The summed E-state index contributed by atoms with van der Waals surface area (Å²) >= 11 is 0. The van der Waals surface area contributed by atoms with Crippen molar-refractivity contribution >= 4 is 6.09 Å². The SMILES string of the molecule is Cc1ccc(-c2cc(OC(=O)N[C@@H](C)c3cnccn3)cc(-n3nnnc3C(C)C)c2)cc1. The molecule has 0 aliphatic heterocycles. The third-order valence-electron chi connectivity index (χ3n) is 5.10. The number of amides is 1. The lowest BCUT2D eigenvalue weighted by molar-refractivity contribution is 0.196. The molecule has 1 atom stereocenters. The second-order valence-corrected chi connectivity index (χ2v) is 8.07. The highest BCUT2D eigenvalue weighted by Gasteiger charge is 2.17. The monoisotopic (exact) mass is 443 g/mol. The van der Waals surface area contributed by atoms with E-state index in [0.717, 1.165) is 16.7 Å². The molecular formula is C24H25N7O2. The Labute approximate surface area is 191 Å². The van der Waals surface area contributed by atoms with Crippen LogP contribution in [0.15, 0.2) is 61.1 Å². The fourth-order valence-electron chi connectivity index (χ4n) is 3.34. The molecule has 9 heteroatoms. The highest BCUT2D eigenvalue weighted by atomic mass is 16.6. The molecule has 0 bridgehead atoms. The first-order chi connectivity index (χ1) is 15.9. The minimum atomic E-state index is -0.596. The van der Waals surface area contributed by atoms with Gasteiger partial charge in [0, 0.05) is 24.4 Å². The number of benzene rings is 2. The van der Waals surface area contributed by atoms with E-state index in [4.69, 9.17) is 4.74 Å². The van der Waals surface area contributed by atoms with Crippen molar-refractivity contribution in [1.82, 2.24) is 35.5 Å². The number of hydrogen-bond acceptors (Lipinski definition) is 7. The van der Waals surface area contributed by atoms with Gasteiger partial charge in [-0.3, -0.25) is 9.97 Å². The van der Waals surface area contributed by atoms with E-state index < -0.39 is 6.09 Å². The molecule has 4 aromatic rings. The van der Waals surface area contributed by atoms with E-state index in [9.17, 15) is 4.79 Å². The largest absolute Gasteiger partial charge is 0.413 e. The van der Waals surface area contributed by atoms with E-state index in [1.54, 1.807) is 29.3 Å². The lowest BCUT2D eigenvalue weighted by Crippen LogP contribution is -2.30. The van der Waals surface area contributed by atoms with Crippen LogP contribution in [0.5, 0.6) is 5.75 Å². The summed E-state index contributed by atoms with van der Waals surface area (Å²) in [7, 11) is 0. The summed E-state index contributed by atoms with van der Waals surface area (Å²) in [5.74, 6) is 1.20. The Balaban J connectivity index is 1.66. The van der Waals surface area contributed by atoms with Gasteiger partial charge in [0.2, 0.25) is 0 Å². The molecule has 2 aromatic carbocycles. The number of nitrogens with one attached hydrogen (secondary N) is 1. The molecule has 168 valence electrons. The maximum Gasteiger partial charge on any atom is 0.413 e. The first kappa shape index (κ1) is 22.1. The molecule has 0 radical (unpaired) electrons. The maximum absolute atomic E-state index is 12.6. The number of carbonyl (C=O) groups is 1. The Morgan fingerprint density at radius 2 is 1.82 bits per heavy atom. The highest BCUT2D eigenvalue weighted by Crippen LogP contribution is 2.29. The Hall–Kier alpha value is -4.14. The summed E-state index contributed by atoms with van der Waals surface area (Å²) in [5.41, 5.74) is 4.36. The molecule has 9 nitrogen and oxygen atoms in total. The summed E-state index contributed by atoms with van der Waals surface area (Å²) in [4.78, 5) is 20.9. The van der Waals surface area contributed by atoms with E-state index in [1.807, 2.05) is 64.1 Å². The van der Waals surface area contributed by atoms with Gasteiger partial charge in [-0.1, -0.05) is 43.7 Å². The van der Waals surface area contributed by atoms with E-state index in [2.05, 4.69) is 30.8 Å². The molecule has 4 rings (SSSR count). The molecule has 33 heavy (non-hydrogen) atoms. The lowest BCUT2D eigenvalue weighted by Gasteiger charge is -2.15.